The van der Waals surface area contributed by atoms with Crippen LogP contribution in [-0.4, -0.2) is 9.67 Å². The molecule has 1 atom stereocenters. The molecule has 5 heteroatoms. The lowest BCUT2D eigenvalue weighted by Gasteiger charge is -2.11. The van der Waals surface area contributed by atoms with E-state index >= 15 is 0 Å². The molecular formula is C15H12INO3. The van der Waals surface area contributed by atoms with E-state index in [1.165, 1.54) is 4.57 Å². The Morgan fingerprint density at radius 3 is 2.70 bits per heavy atom. The van der Waals surface area contributed by atoms with Gasteiger partial charge < -0.3 is 9.52 Å². The van der Waals surface area contributed by atoms with Crippen LogP contribution >= 0.6 is 22.6 Å². The van der Waals surface area contributed by atoms with Gasteiger partial charge in [0.15, 0.2) is 5.58 Å². The van der Waals surface area contributed by atoms with Gasteiger partial charge in [0.05, 0.1) is 5.52 Å². The minimum absolute atomic E-state index is 0.402. The molecule has 0 aliphatic rings. The van der Waals surface area contributed by atoms with Gasteiger partial charge in [-0.25, -0.2) is 4.79 Å². The zero-order valence-corrected chi connectivity index (χ0v) is 12.9. The quantitative estimate of drug-likeness (QED) is 0.695. The third-order valence-corrected chi connectivity index (χ3v) is 3.97. The van der Waals surface area contributed by atoms with Crippen molar-refractivity contribution in [1.82, 2.24) is 4.57 Å². The number of halogens is 1. The van der Waals surface area contributed by atoms with Crippen LogP contribution in [0, 0.1) is 3.57 Å². The molecule has 0 saturated heterocycles. The largest absolute Gasteiger partial charge is 0.419 e. The second-order valence-electron chi connectivity index (χ2n) is 4.61. The molecule has 0 radical (unpaired) electrons. The SMILES string of the molecule is Cn1c(=O)oc2cc(C(O)c3cccc(I)c3)ccc21. The second kappa shape index (κ2) is 5.06. The molecule has 1 unspecified atom stereocenters. The van der Waals surface area contributed by atoms with Crippen LogP contribution in [-0.2, 0) is 7.05 Å². The Kier molecular flexibility index (Phi) is 3.39. The van der Waals surface area contributed by atoms with Crippen LogP contribution in [0.25, 0.3) is 11.1 Å². The molecule has 4 nitrogen and oxygen atoms in total. The lowest BCUT2D eigenvalue weighted by molar-refractivity contribution is 0.220. The first-order chi connectivity index (χ1) is 9.56. The van der Waals surface area contributed by atoms with Gasteiger partial charge in [-0.1, -0.05) is 18.2 Å². The highest BCUT2D eigenvalue weighted by molar-refractivity contribution is 14.1. The molecule has 0 aliphatic heterocycles. The Bertz CT molecular complexity index is 834. The average molecular weight is 381 g/mol. The fourth-order valence-corrected chi connectivity index (χ4v) is 2.76. The average Bonchev–Trinajstić information content (AvgIpc) is 2.73. The van der Waals surface area contributed by atoms with Gasteiger partial charge in [-0.3, -0.25) is 4.57 Å². The number of aromatic nitrogens is 1. The van der Waals surface area contributed by atoms with Crippen molar-refractivity contribution in [3.05, 3.63) is 67.7 Å². The number of rotatable bonds is 2. The van der Waals surface area contributed by atoms with E-state index < -0.39 is 11.9 Å². The van der Waals surface area contributed by atoms with Crippen molar-refractivity contribution in [1.29, 1.82) is 0 Å². The molecule has 0 saturated carbocycles. The molecule has 1 aromatic heterocycles. The third-order valence-electron chi connectivity index (χ3n) is 3.30. The summed E-state index contributed by atoms with van der Waals surface area (Å²) in [5.41, 5.74) is 2.72. The highest BCUT2D eigenvalue weighted by atomic mass is 127. The normalized spacial score (nSPS) is 12.8. The number of aliphatic hydroxyl groups is 1. The summed E-state index contributed by atoms with van der Waals surface area (Å²) in [4.78, 5) is 11.5. The molecule has 20 heavy (non-hydrogen) atoms. The van der Waals surface area contributed by atoms with E-state index in [1.54, 1.807) is 19.2 Å². The number of aliphatic hydroxyl groups excluding tert-OH is 1. The van der Waals surface area contributed by atoms with Gasteiger partial charge in [-0.05, 0) is 58.0 Å². The van der Waals surface area contributed by atoms with Crippen molar-refractivity contribution in [3.63, 3.8) is 0 Å². The van der Waals surface area contributed by atoms with Gasteiger partial charge in [-0.2, -0.15) is 0 Å². The first-order valence-corrected chi connectivity index (χ1v) is 7.17. The van der Waals surface area contributed by atoms with Crippen molar-refractivity contribution < 1.29 is 9.52 Å². The third kappa shape index (κ3) is 2.27. The topological polar surface area (TPSA) is 55.4 Å². The van der Waals surface area contributed by atoms with Crippen molar-refractivity contribution in [2.24, 2.45) is 7.05 Å². The standard InChI is InChI=1S/C15H12INO3/c1-17-12-6-5-10(8-13(12)20-15(17)19)14(18)9-3-2-4-11(16)7-9/h2-8,14,18H,1H3. The van der Waals surface area contributed by atoms with Gasteiger partial charge in [0, 0.05) is 10.6 Å². The van der Waals surface area contributed by atoms with E-state index in [0.717, 1.165) is 9.13 Å². The molecule has 0 aliphatic carbocycles. The number of fused-ring (bicyclic) bond motifs is 1. The van der Waals surface area contributed by atoms with Crippen LogP contribution in [0.3, 0.4) is 0 Å². The van der Waals surface area contributed by atoms with Crippen molar-refractivity contribution in [2.45, 2.75) is 6.10 Å². The van der Waals surface area contributed by atoms with Crippen LogP contribution in [0.4, 0.5) is 0 Å². The number of hydrogen-bond donors (Lipinski definition) is 1. The molecule has 0 spiro atoms. The van der Waals surface area contributed by atoms with Crippen LogP contribution in [0.1, 0.15) is 17.2 Å². The van der Waals surface area contributed by atoms with E-state index in [4.69, 9.17) is 4.42 Å². The molecule has 0 amide bonds. The maximum absolute atomic E-state index is 11.5. The number of hydrogen-bond acceptors (Lipinski definition) is 3. The fraction of sp³-hybridized carbons (Fsp3) is 0.133. The van der Waals surface area contributed by atoms with Gasteiger partial charge >= 0.3 is 5.76 Å². The summed E-state index contributed by atoms with van der Waals surface area (Å²) in [6.07, 6.45) is -0.736. The molecule has 1 N–H and O–H groups in total. The zero-order valence-electron chi connectivity index (χ0n) is 10.7. The predicted molar refractivity (Wildman–Crippen MR) is 84.7 cm³/mol. The summed E-state index contributed by atoms with van der Waals surface area (Å²) < 4.78 is 7.65. The molecular weight excluding hydrogens is 369 g/mol. The van der Waals surface area contributed by atoms with Gasteiger partial charge in [0.25, 0.3) is 0 Å². The summed E-state index contributed by atoms with van der Waals surface area (Å²) >= 11 is 2.21. The summed E-state index contributed by atoms with van der Waals surface area (Å²) in [6.45, 7) is 0. The van der Waals surface area contributed by atoms with Crippen LogP contribution in [0.2, 0.25) is 0 Å². The summed E-state index contributed by atoms with van der Waals surface area (Å²) in [7, 11) is 1.66. The van der Waals surface area contributed by atoms with E-state index in [0.29, 0.717) is 16.7 Å². The zero-order chi connectivity index (χ0) is 14.3. The molecule has 3 aromatic rings. The summed E-state index contributed by atoms with van der Waals surface area (Å²) in [6, 6.07) is 13.0. The Morgan fingerprint density at radius 2 is 1.95 bits per heavy atom. The lowest BCUT2D eigenvalue weighted by Crippen LogP contribution is -2.08. The van der Waals surface area contributed by atoms with Crippen molar-refractivity contribution >= 4 is 33.7 Å². The first-order valence-electron chi connectivity index (χ1n) is 6.09. The highest BCUT2D eigenvalue weighted by Crippen LogP contribution is 2.25. The van der Waals surface area contributed by atoms with Crippen molar-refractivity contribution in [2.75, 3.05) is 0 Å². The predicted octanol–water partition coefficient (Wildman–Crippen LogP) is 2.82. The lowest BCUT2D eigenvalue weighted by atomic mass is 10.0. The van der Waals surface area contributed by atoms with Crippen molar-refractivity contribution in [3.8, 4) is 0 Å². The maximum Gasteiger partial charge on any atom is 0.419 e. The maximum atomic E-state index is 11.5. The minimum Gasteiger partial charge on any atom is -0.408 e. The smallest absolute Gasteiger partial charge is 0.408 e. The van der Waals surface area contributed by atoms with E-state index in [2.05, 4.69) is 22.6 Å². The minimum atomic E-state index is -0.736. The Balaban J connectivity index is 2.08. The summed E-state index contributed by atoms with van der Waals surface area (Å²) in [5.74, 6) is -0.402. The van der Waals surface area contributed by atoms with Gasteiger partial charge in [0.2, 0.25) is 0 Å². The number of oxazole rings is 1. The second-order valence-corrected chi connectivity index (χ2v) is 5.86. The highest BCUT2D eigenvalue weighted by Gasteiger charge is 2.13. The molecule has 1 heterocycles. The molecule has 2 aromatic carbocycles. The first kappa shape index (κ1) is 13.4. The number of aryl methyl sites for hydroxylation is 1. The number of benzene rings is 2. The molecule has 0 bridgehead atoms. The van der Waals surface area contributed by atoms with Crippen LogP contribution < -0.4 is 5.76 Å². The van der Waals surface area contributed by atoms with E-state index in [-0.39, 0.29) is 0 Å². The van der Waals surface area contributed by atoms with Crippen LogP contribution in [0.15, 0.2) is 51.7 Å². The van der Waals surface area contributed by atoms with E-state index in [9.17, 15) is 9.90 Å². The van der Waals surface area contributed by atoms with E-state index in [1.807, 2.05) is 30.3 Å². The summed E-state index contributed by atoms with van der Waals surface area (Å²) in [5, 5.41) is 10.4. The number of nitrogens with zero attached hydrogens (tertiary/aromatic N) is 1. The van der Waals surface area contributed by atoms with Crippen LogP contribution in [0.5, 0.6) is 0 Å². The monoisotopic (exact) mass is 381 g/mol. The Labute approximate surface area is 128 Å². The molecule has 3 rings (SSSR count). The molecule has 0 fully saturated rings. The van der Waals surface area contributed by atoms with Gasteiger partial charge in [0.1, 0.15) is 6.10 Å². The Morgan fingerprint density at radius 1 is 1.20 bits per heavy atom. The Hall–Kier alpha value is -1.60. The molecule has 102 valence electrons. The fourth-order valence-electron chi connectivity index (χ4n) is 2.19. The van der Waals surface area contributed by atoms with Gasteiger partial charge in [-0.15, -0.1) is 0 Å².